The van der Waals surface area contributed by atoms with Crippen LogP contribution in [-0.2, 0) is 4.79 Å². The number of amides is 1. The number of carbonyl (C=O) groups is 1. The van der Waals surface area contributed by atoms with E-state index in [4.69, 9.17) is 0 Å². The zero-order valence-electron chi connectivity index (χ0n) is 13.9. The van der Waals surface area contributed by atoms with Crippen molar-refractivity contribution in [3.8, 4) is 21.7 Å². The molecule has 0 aliphatic carbocycles. The lowest BCUT2D eigenvalue weighted by Gasteiger charge is -2.10. The van der Waals surface area contributed by atoms with Gasteiger partial charge in [0.1, 0.15) is 5.01 Å². The molecule has 0 aliphatic rings. The Morgan fingerprint density at radius 1 is 1.12 bits per heavy atom. The van der Waals surface area contributed by atoms with Crippen LogP contribution in [0.4, 0.5) is 5.69 Å². The van der Waals surface area contributed by atoms with E-state index >= 15 is 0 Å². The first-order chi connectivity index (χ1) is 11.7. The van der Waals surface area contributed by atoms with E-state index in [2.05, 4.69) is 47.6 Å². The Bertz CT molecular complexity index is 823. The molecule has 24 heavy (non-hydrogen) atoms. The third-order valence-corrected chi connectivity index (χ3v) is 4.70. The SMILES string of the molecule is CCCC(=O)Nc1ccc(-c2cc(-c3nccs3)ccc2C)cc1. The van der Waals surface area contributed by atoms with Crippen molar-refractivity contribution in [1.82, 2.24) is 4.98 Å². The van der Waals surface area contributed by atoms with Gasteiger partial charge in [-0.25, -0.2) is 4.98 Å². The Balaban J connectivity index is 1.86. The van der Waals surface area contributed by atoms with E-state index in [0.29, 0.717) is 6.42 Å². The second-order valence-corrected chi connectivity index (χ2v) is 6.64. The van der Waals surface area contributed by atoms with Gasteiger partial charge in [-0.2, -0.15) is 0 Å². The van der Waals surface area contributed by atoms with E-state index in [0.717, 1.165) is 28.2 Å². The summed E-state index contributed by atoms with van der Waals surface area (Å²) in [6, 6.07) is 14.4. The van der Waals surface area contributed by atoms with Crippen LogP contribution in [0.2, 0.25) is 0 Å². The molecule has 1 aromatic heterocycles. The summed E-state index contributed by atoms with van der Waals surface area (Å²) in [7, 11) is 0. The summed E-state index contributed by atoms with van der Waals surface area (Å²) in [4.78, 5) is 16.1. The van der Waals surface area contributed by atoms with E-state index in [-0.39, 0.29) is 5.91 Å². The van der Waals surface area contributed by atoms with Crippen LogP contribution in [0, 0.1) is 6.92 Å². The van der Waals surface area contributed by atoms with Crippen LogP contribution in [0.3, 0.4) is 0 Å². The molecule has 2 aromatic carbocycles. The minimum absolute atomic E-state index is 0.0622. The summed E-state index contributed by atoms with van der Waals surface area (Å²) in [6.45, 7) is 4.11. The summed E-state index contributed by atoms with van der Waals surface area (Å²) >= 11 is 1.64. The first-order valence-corrected chi connectivity index (χ1v) is 8.96. The maximum absolute atomic E-state index is 11.7. The molecule has 0 atom stereocenters. The van der Waals surface area contributed by atoms with Crippen molar-refractivity contribution in [3.05, 3.63) is 59.6 Å². The Morgan fingerprint density at radius 2 is 1.88 bits per heavy atom. The molecular weight excluding hydrogens is 316 g/mol. The second-order valence-electron chi connectivity index (χ2n) is 5.74. The number of carbonyl (C=O) groups excluding carboxylic acids is 1. The number of aryl methyl sites for hydroxylation is 1. The monoisotopic (exact) mass is 336 g/mol. The normalized spacial score (nSPS) is 10.6. The van der Waals surface area contributed by atoms with Crippen LogP contribution >= 0.6 is 11.3 Å². The summed E-state index contributed by atoms with van der Waals surface area (Å²) < 4.78 is 0. The van der Waals surface area contributed by atoms with Crippen LogP contribution in [0.15, 0.2) is 54.0 Å². The van der Waals surface area contributed by atoms with Crippen molar-refractivity contribution in [2.75, 3.05) is 5.32 Å². The summed E-state index contributed by atoms with van der Waals surface area (Å²) in [5, 5.41) is 5.94. The van der Waals surface area contributed by atoms with E-state index in [1.54, 1.807) is 11.3 Å². The number of nitrogens with one attached hydrogen (secondary N) is 1. The molecule has 0 spiro atoms. The quantitative estimate of drug-likeness (QED) is 0.666. The second kappa shape index (κ2) is 7.41. The van der Waals surface area contributed by atoms with E-state index in [1.807, 2.05) is 30.6 Å². The van der Waals surface area contributed by atoms with Gasteiger partial charge in [-0.15, -0.1) is 11.3 Å². The maximum Gasteiger partial charge on any atom is 0.224 e. The lowest BCUT2D eigenvalue weighted by Crippen LogP contribution is -2.10. The highest BCUT2D eigenvalue weighted by atomic mass is 32.1. The Morgan fingerprint density at radius 3 is 2.54 bits per heavy atom. The van der Waals surface area contributed by atoms with Gasteiger partial charge in [0.25, 0.3) is 0 Å². The Kier molecular flexibility index (Phi) is 5.06. The summed E-state index contributed by atoms with van der Waals surface area (Å²) in [6.07, 6.45) is 3.23. The van der Waals surface area contributed by atoms with Crippen LogP contribution in [0.25, 0.3) is 21.7 Å². The first-order valence-electron chi connectivity index (χ1n) is 8.08. The summed E-state index contributed by atoms with van der Waals surface area (Å²) in [5.41, 5.74) is 5.52. The highest BCUT2D eigenvalue weighted by Gasteiger charge is 2.07. The molecule has 122 valence electrons. The first kappa shape index (κ1) is 16.4. The fourth-order valence-electron chi connectivity index (χ4n) is 2.62. The average molecular weight is 336 g/mol. The van der Waals surface area contributed by atoms with E-state index in [9.17, 15) is 4.79 Å². The third-order valence-electron chi connectivity index (χ3n) is 3.87. The topological polar surface area (TPSA) is 42.0 Å². The number of nitrogens with zero attached hydrogens (tertiary/aromatic N) is 1. The van der Waals surface area contributed by atoms with Gasteiger partial charge in [0.2, 0.25) is 5.91 Å². The minimum Gasteiger partial charge on any atom is -0.326 e. The molecule has 1 heterocycles. The molecule has 0 saturated heterocycles. The Hall–Kier alpha value is -2.46. The van der Waals surface area contributed by atoms with Crippen LogP contribution < -0.4 is 5.32 Å². The van der Waals surface area contributed by atoms with Crippen molar-refractivity contribution in [2.24, 2.45) is 0 Å². The fourth-order valence-corrected chi connectivity index (χ4v) is 3.25. The molecule has 0 saturated carbocycles. The fraction of sp³-hybridized carbons (Fsp3) is 0.200. The predicted molar refractivity (Wildman–Crippen MR) is 101 cm³/mol. The molecule has 3 rings (SSSR count). The van der Waals surface area contributed by atoms with Crippen LogP contribution in [0.5, 0.6) is 0 Å². The average Bonchev–Trinajstić information content (AvgIpc) is 3.11. The molecule has 4 heteroatoms. The van der Waals surface area contributed by atoms with E-state index < -0.39 is 0 Å². The molecule has 3 nitrogen and oxygen atoms in total. The van der Waals surface area contributed by atoms with Gasteiger partial charge >= 0.3 is 0 Å². The largest absolute Gasteiger partial charge is 0.326 e. The number of aromatic nitrogens is 1. The molecule has 0 bridgehead atoms. The highest BCUT2D eigenvalue weighted by Crippen LogP contribution is 2.30. The number of benzene rings is 2. The molecule has 1 amide bonds. The minimum atomic E-state index is 0.0622. The van der Waals surface area contributed by atoms with Crippen molar-refractivity contribution in [2.45, 2.75) is 26.7 Å². The standard InChI is InChI=1S/C20H20N2OS/c1-3-4-19(23)22-17-9-7-15(8-10-17)18-13-16(6-5-14(18)2)20-21-11-12-24-20/h5-13H,3-4H2,1-2H3,(H,22,23). The molecule has 0 fully saturated rings. The molecule has 0 aliphatic heterocycles. The van der Waals surface area contributed by atoms with Gasteiger partial charge in [-0.05, 0) is 48.2 Å². The van der Waals surface area contributed by atoms with Crippen molar-refractivity contribution >= 4 is 22.9 Å². The van der Waals surface area contributed by atoms with Gasteiger partial charge in [0, 0.05) is 29.2 Å². The molecule has 0 unspecified atom stereocenters. The van der Waals surface area contributed by atoms with Crippen molar-refractivity contribution in [3.63, 3.8) is 0 Å². The summed E-state index contributed by atoms with van der Waals surface area (Å²) in [5.74, 6) is 0.0622. The smallest absolute Gasteiger partial charge is 0.224 e. The molecule has 1 N–H and O–H groups in total. The zero-order chi connectivity index (χ0) is 16.9. The van der Waals surface area contributed by atoms with Crippen molar-refractivity contribution < 1.29 is 4.79 Å². The van der Waals surface area contributed by atoms with Gasteiger partial charge in [-0.1, -0.05) is 31.2 Å². The Labute approximate surface area is 146 Å². The third kappa shape index (κ3) is 3.71. The maximum atomic E-state index is 11.7. The van der Waals surface area contributed by atoms with Gasteiger partial charge in [0.05, 0.1) is 0 Å². The molecule has 3 aromatic rings. The number of hydrogen-bond acceptors (Lipinski definition) is 3. The van der Waals surface area contributed by atoms with Crippen LogP contribution in [-0.4, -0.2) is 10.9 Å². The lowest BCUT2D eigenvalue weighted by molar-refractivity contribution is -0.116. The highest BCUT2D eigenvalue weighted by molar-refractivity contribution is 7.13. The number of hydrogen-bond donors (Lipinski definition) is 1. The molecule has 0 radical (unpaired) electrons. The molecular formula is C20H20N2OS. The predicted octanol–water partition coefficient (Wildman–Crippen LogP) is 5.52. The lowest BCUT2D eigenvalue weighted by atomic mass is 9.98. The number of thiazole rings is 1. The van der Waals surface area contributed by atoms with E-state index in [1.165, 1.54) is 11.1 Å². The van der Waals surface area contributed by atoms with Crippen molar-refractivity contribution in [1.29, 1.82) is 0 Å². The zero-order valence-corrected chi connectivity index (χ0v) is 14.7. The van der Waals surface area contributed by atoms with Gasteiger partial charge in [0.15, 0.2) is 0 Å². The number of rotatable bonds is 5. The van der Waals surface area contributed by atoms with Gasteiger partial charge in [-0.3, -0.25) is 4.79 Å². The van der Waals surface area contributed by atoms with Crippen LogP contribution in [0.1, 0.15) is 25.3 Å². The number of anilines is 1. The van der Waals surface area contributed by atoms with Gasteiger partial charge < -0.3 is 5.32 Å².